The Balaban J connectivity index is 1.72. The second kappa shape index (κ2) is 6.33. The number of hydrogen-bond donors (Lipinski definition) is 1. The number of fused-ring (bicyclic) bond motifs is 1. The molecule has 0 spiro atoms. The van der Waals surface area contributed by atoms with Crippen LogP contribution in [0.15, 0.2) is 67.0 Å². The maximum atomic E-state index is 12.2. The standard InChI is InChI=1S/C18H12ClN5O/c19-13-6-2-1-5-12(13)15-11-21-17-9-8-16(23-24(15)17)22-18(25)14-7-3-4-10-20-14/h1-11H,(H,22,23,25). The summed E-state index contributed by atoms with van der Waals surface area (Å²) in [5, 5.41) is 7.80. The van der Waals surface area contributed by atoms with E-state index in [1.165, 1.54) is 0 Å². The van der Waals surface area contributed by atoms with Crippen molar-refractivity contribution in [3.8, 4) is 11.3 Å². The predicted molar refractivity (Wildman–Crippen MR) is 95.6 cm³/mol. The summed E-state index contributed by atoms with van der Waals surface area (Å²) in [5.41, 5.74) is 2.54. The molecule has 0 bridgehead atoms. The number of imidazole rings is 1. The van der Waals surface area contributed by atoms with E-state index in [9.17, 15) is 4.79 Å². The summed E-state index contributed by atoms with van der Waals surface area (Å²) in [6.45, 7) is 0. The van der Waals surface area contributed by atoms with Crippen LogP contribution in [0.5, 0.6) is 0 Å². The summed E-state index contributed by atoms with van der Waals surface area (Å²) in [5.74, 6) is 0.0707. The zero-order valence-corrected chi connectivity index (χ0v) is 13.7. The number of rotatable bonds is 3. The summed E-state index contributed by atoms with van der Waals surface area (Å²) in [7, 11) is 0. The molecule has 6 nitrogen and oxygen atoms in total. The topological polar surface area (TPSA) is 72.2 Å². The molecule has 0 aliphatic heterocycles. The van der Waals surface area contributed by atoms with Gasteiger partial charge in [0.1, 0.15) is 5.69 Å². The highest BCUT2D eigenvalue weighted by Gasteiger charge is 2.12. The Bertz CT molecular complexity index is 1060. The van der Waals surface area contributed by atoms with Crippen LogP contribution in [0.3, 0.4) is 0 Å². The lowest BCUT2D eigenvalue weighted by Crippen LogP contribution is -2.15. The lowest BCUT2D eigenvalue weighted by Gasteiger charge is -2.06. The third-order valence-electron chi connectivity index (χ3n) is 3.65. The molecule has 3 aromatic heterocycles. The third kappa shape index (κ3) is 2.95. The van der Waals surface area contributed by atoms with Crippen molar-refractivity contribution in [2.75, 3.05) is 5.32 Å². The Kier molecular flexibility index (Phi) is 3.87. The predicted octanol–water partition coefficient (Wildman–Crippen LogP) is 3.70. The molecule has 0 fully saturated rings. The SMILES string of the molecule is O=C(Nc1ccc2ncc(-c3ccccc3Cl)n2n1)c1ccccn1. The van der Waals surface area contributed by atoms with Gasteiger partial charge in [-0.2, -0.15) is 0 Å². The molecule has 1 aromatic carbocycles. The Morgan fingerprint density at radius 3 is 2.64 bits per heavy atom. The molecule has 122 valence electrons. The number of hydrogen-bond acceptors (Lipinski definition) is 4. The zero-order valence-electron chi connectivity index (χ0n) is 12.9. The molecule has 0 unspecified atom stereocenters. The van der Waals surface area contributed by atoms with Crippen molar-refractivity contribution in [2.24, 2.45) is 0 Å². The van der Waals surface area contributed by atoms with Crippen LogP contribution in [0.4, 0.5) is 5.82 Å². The second-order valence-electron chi connectivity index (χ2n) is 5.28. The number of halogens is 1. The van der Waals surface area contributed by atoms with Crippen molar-refractivity contribution in [3.63, 3.8) is 0 Å². The number of nitrogens with one attached hydrogen (secondary N) is 1. The highest BCUT2D eigenvalue weighted by Crippen LogP contribution is 2.27. The van der Waals surface area contributed by atoms with Crippen molar-refractivity contribution in [3.05, 3.63) is 77.7 Å². The number of anilines is 1. The maximum Gasteiger partial charge on any atom is 0.275 e. The van der Waals surface area contributed by atoms with Gasteiger partial charge in [-0.1, -0.05) is 35.9 Å². The van der Waals surface area contributed by atoms with Gasteiger partial charge in [-0.05, 0) is 30.3 Å². The van der Waals surface area contributed by atoms with Crippen molar-refractivity contribution < 1.29 is 4.79 Å². The molecule has 1 amide bonds. The first kappa shape index (κ1) is 15.3. The largest absolute Gasteiger partial charge is 0.304 e. The molecule has 0 aliphatic carbocycles. The first-order valence-corrected chi connectivity index (χ1v) is 7.92. The summed E-state index contributed by atoms with van der Waals surface area (Å²) in [6.07, 6.45) is 3.27. The molecule has 1 N–H and O–H groups in total. The average molecular weight is 350 g/mol. The van der Waals surface area contributed by atoms with Gasteiger partial charge >= 0.3 is 0 Å². The van der Waals surface area contributed by atoms with Gasteiger partial charge in [0.25, 0.3) is 5.91 Å². The number of carbonyl (C=O) groups is 1. The fourth-order valence-corrected chi connectivity index (χ4v) is 2.70. The second-order valence-corrected chi connectivity index (χ2v) is 5.69. The first-order chi connectivity index (χ1) is 12.2. The van der Waals surface area contributed by atoms with Crippen LogP contribution in [0.1, 0.15) is 10.5 Å². The van der Waals surface area contributed by atoms with Gasteiger partial charge in [-0.3, -0.25) is 9.78 Å². The molecule has 0 radical (unpaired) electrons. The van der Waals surface area contributed by atoms with E-state index in [2.05, 4.69) is 20.4 Å². The minimum atomic E-state index is -0.327. The molecular weight excluding hydrogens is 338 g/mol. The molecule has 0 saturated carbocycles. The van der Waals surface area contributed by atoms with E-state index in [1.54, 1.807) is 47.2 Å². The minimum absolute atomic E-state index is 0.321. The van der Waals surface area contributed by atoms with Gasteiger partial charge in [0, 0.05) is 11.8 Å². The van der Waals surface area contributed by atoms with Crippen LogP contribution < -0.4 is 5.32 Å². The molecule has 4 rings (SSSR count). The Hall–Kier alpha value is -3.25. The molecular formula is C18H12ClN5O. The molecule has 25 heavy (non-hydrogen) atoms. The molecule has 7 heteroatoms. The van der Waals surface area contributed by atoms with Gasteiger partial charge in [0.15, 0.2) is 11.5 Å². The smallest absolute Gasteiger partial charge is 0.275 e. The van der Waals surface area contributed by atoms with E-state index in [1.807, 2.05) is 24.3 Å². The zero-order chi connectivity index (χ0) is 17.2. The van der Waals surface area contributed by atoms with Crippen molar-refractivity contribution in [2.45, 2.75) is 0 Å². The van der Waals surface area contributed by atoms with Crippen molar-refractivity contribution in [1.29, 1.82) is 0 Å². The molecule has 3 heterocycles. The molecule has 0 aliphatic rings. The lowest BCUT2D eigenvalue weighted by molar-refractivity contribution is 0.102. The van der Waals surface area contributed by atoms with Crippen LogP contribution in [-0.2, 0) is 0 Å². The van der Waals surface area contributed by atoms with Crippen molar-refractivity contribution >= 4 is 29.0 Å². The molecule has 0 atom stereocenters. The molecule has 0 saturated heterocycles. The highest BCUT2D eigenvalue weighted by atomic mass is 35.5. The fraction of sp³-hybridized carbons (Fsp3) is 0. The van der Waals surface area contributed by atoms with E-state index < -0.39 is 0 Å². The Labute approximate surface area is 148 Å². The molecule has 4 aromatic rings. The fourth-order valence-electron chi connectivity index (χ4n) is 2.47. The number of nitrogens with zero attached hydrogens (tertiary/aromatic N) is 4. The van der Waals surface area contributed by atoms with E-state index in [4.69, 9.17) is 11.6 Å². The quantitative estimate of drug-likeness (QED) is 0.612. The summed E-state index contributed by atoms with van der Waals surface area (Å²) in [4.78, 5) is 20.6. The number of aromatic nitrogens is 4. The van der Waals surface area contributed by atoms with E-state index >= 15 is 0 Å². The summed E-state index contributed by atoms with van der Waals surface area (Å²) >= 11 is 6.27. The van der Waals surface area contributed by atoms with Gasteiger partial charge < -0.3 is 5.32 Å². The number of benzene rings is 1. The minimum Gasteiger partial charge on any atom is -0.304 e. The Morgan fingerprint density at radius 2 is 1.84 bits per heavy atom. The van der Waals surface area contributed by atoms with Crippen LogP contribution in [0.25, 0.3) is 16.9 Å². The van der Waals surface area contributed by atoms with Gasteiger partial charge in [-0.25, -0.2) is 9.50 Å². The van der Waals surface area contributed by atoms with Gasteiger partial charge in [0.2, 0.25) is 0 Å². The number of carbonyl (C=O) groups excluding carboxylic acids is 1. The average Bonchev–Trinajstić information content (AvgIpc) is 3.06. The van der Waals surface area contributed by atoms with Gasteiger partial charge in [0.05, 0.1) is 16.9 Å². The third-order valence-corrected chi connectivity index (χ3v) is 3.98. The summed E-state index contributed by atoms with van der Waals surface area (Å²) < 4.78 is 1.65. The van der Waals surface area contributed by atoms with E-state index in [0.717, 1.165) is 11.3 Å². The summed E-state index contributed by atoms with van der Waals surface area (Å²) in [6, 6.07) is 16.1. The van der Waals surface area contributed by atoms with Crippen molar-refractivity contribution in [1.82, 2.24) is 19.6 Å². The lowest BCUT2D eigenvalue weighted by atomic mass is 10.2. The van der Waals surface area contributed by atoms with Crippen LogP contribution in [-0.4, -0.2) is 25.5 Å². The highest BCUT2D eigenvalue weighted by molar-refractivity contribution is 6.33. The van der Waals surface area contributed by atoms with E-state index in [-0.39, 0.29) is 5.91 Å². The van der Waals surface area contributed by atoms with Crippen LogP contribution in [0.2, 0.25) is 5.02 Å². The van der Waals surface area contributed by atoms with E-state index in [0.29, 0.717) is 22.2 Å². The monoisotopic (exact) mass is 349 g/mol. The van der Waals surface area contributed by atoms with Gasteiger partial charge in [-0.15, -0.1) is 5.10 Å². The van der Waals surface area contributed by atoms with Crippen LogP contribution in [0, 0.1) is 0 Å². The first-order valence-electron chi connectivity index (χ1n) is 7.54. The Morgan fingerprint density at radius 1 is 1.00 bits per heavy atom. The van der Waals surface area contributed by atoms with Crippen LogP contribution >= 0.6 is 11.6 Å². The number of amides is 1. The normalized spacial score (nSPS) is 10.8. The maximum absolute atomic E-state index is 12.2. The number of pyridine rings is 1.